The number of nitrogens with one attached hydrogen (secondary N) is 1. The summed E-state index contributed by atoms with van der Waals surface area (Å²) < 4.78 is 0. The molecule has 1 amide bonds. The highest BCUT2D eigenvalue weighted by atomic mass is 16.2. The molecule has 1 atom stereocenters. The molecular weight excluding hydrogens is 260 g/mol. The van der Waals surface area contributed by atoms with Gasteiger partial charge in [-0.2, -0.15) is 0 Å². The van der Waals surface area contributed by atoms with Crippen LogP contribution in [0.3, 0.4) is 0 Å². The molecule has 1 N–H and O–H groups in total. The number of amides is 1. The topological polar surface area (TPSA) is 32.3 Å². The van der Waals surface area contributed by atoms with Gasteiger partial charge >= 0.3 is 0 Å². The van der Waals surface area contributed by atoms with Crippen molar-refractivity contribution in [2.24, 2.45) is 0 Å². The van der Waals surface area contributed by atoms with E-state index in [0.717, 1.165) is 26.1 Å². The lowest BCUT2D eigenvalue weighted by atomic mass is 10.1. The summed E-state index contributed by atoms with van der Waals surface area (Å²) in [4.78, 5) is 14.3. The molecule has 0 radical (unpaired) electrons. The van der Waals surface area contributed by atoms with Crippen molar-refractivity contribution in [2.75, 3.05) is 6.54 Å². The maximum absolute atomic E-state index is 12.0. The molecule has 3 rings (SSSR count). The second-order valence-electron chi connectivity index (χ2n) is 5.47. The van der Waals surface area contributed by atoms with E-state index >= 15 is 0 Å². The fraction of sp³-hybridized carbons (Fsp3) is 0.278. The van der Waals surface area contributed by atoms with E-state index in [9.17, 15) is 4.79 Å². The van der Waals surface area contributed by atoms with Crippen LogP contribution in [0.1, 0.15) is 17.5 Å². The lowest BCUT2D eigenvalue weighted by molar-refractivity contribution is -0.124. The van der Waals surface area contributed by atoms with Gasteiger partial charge in [-0.3, -0.25) is 9.69 Å². The summed E-state index contributed by atoms with van der Waals surface area (Å²) in [5.74, 6) is 0.155. The van der Waals surface area contributed by atoms with Gasteiger partial charge in [0.2, 0.25) is 5.91 Å². The Morgan fingerprint density at radius 3 is 1.86 bits per heavy atom. The van der Waals surface area contributed by atoms with Crippen molar-refractivity contribution >= 4 is 5.91 Å². The van der Waals surface area contributed by atoms with Gasteiger partial charge in [0.15, 0.2) is 0 Å². The first-order chi connectivity index (χ1) is 10.3. The number of carbonyl (C=O) groups is 1. The number of benzene rings is 2. The van der Waals surface area contributed by atoms with Crippen LogP contribution in [-0.4, -0.2) is 23.4 Å². The maximum atomic E-state index is 12.0. The lowest BCUT2D eigenvalue weighted by Gasteiger charge is -2.27. The van der Waals surface area contributed by atoms with E-state index in [1.807, 2.05) is 36.4 Å². The van der Waals surface area contributed by atoms with Crippen molar-refractivity contribution < 1.29 is 4.79 Å². The largest absolute Gasteiger partial charge is 0.355 e. The molecule has 2 aromatic carbocycles. The van der Waals surface area contributed by atoms with Crippen LogP contribution in [0.15, 0.2) is 60.7 Å². The van der Waals surface area contributed by atoms with E-state index in [1.54, 1.807) is 0 Å². The molecule has 2 aromatic rings. The lowest BCUT2D eigenvalue weighted by Crippen LogP contribution is -2.39. The Bertz CT molecular complexity index is 541. The Morgan fingerprint density at radius 2 is 1.43 bits per heavy atom. The Kier molecular flexibility index (Phi) is 4.31. The molecule has 1 saturated heterocycles. The fourth-order valence-electron chi connectivity index (χ4n) is 2.84. The molecule has 1 aliphatic heterocycles. The second kappa shape index (κ2) is 6.55. The summed E-state index contributed by atoms with van der Waals surface area (Å²) in [6.07, 6.45) is 0.887. The van der Waals surface area contributed by atoms with Crippen molar-refractivity contribution in [3.05, 3.63) is 71.8 Å². The summed E-state index contributed by atoms with van der Waals surface area (Å²) in [7, 11) is 0. The highest BCUT2D eigenvalue weighted by Gasteiger charge is 2.30. The van der Waals surface area contributed by atoms with Gasteiger partial charge in [-0.05, 0) is 17.5 Å². The van der Waals surface area contributed by atoms with Gasteiger partial charge in [0, 0.05) is 19.6 Å². The third-order valence-corrected chi connectivity index (χ3v) is 3.92. The molecule has 1 fully saturated rings. The molecule has 0 aliphatic carbocycles. The summed E-state index contributed by atoms with van der Waals surface area (Å²) in [6.45, 7) is 2.38. The van der Waals surface area contributed by atoms with Crippen LogP contribution in [0.25, 0.3) is 0 Å². The molecule has 0 aromatic heterocycles. The van der Waals surface area contributed by atoms with E-state index in [1.165, 1.54) is 11.1 Å². The van der Waals surface area contributed by atoms with Crippen LogP contribution < -0.4 is 5.32 Å². The standard InChI is InChI=1S/C18H20N2O/c21-18-17(11-12-19-18)20(13-15-7-3-1-4-8-15)14-16-9-5-2-6-10-16/h1-10,17H,11-14H2,(H,19,21). The normalized spacial score (nSPS) is 18.0. The Morgan fingerprint density at radius 1 is 0.905 bits per heavy atom. The van der Waals surface area contributed by atoms with E-state index in [2.05, 4.69) is 34.5 Å². The van der Waals surface area contributed by atoms with Crippen molar-refractivity contribution in [3.8, 4) is 0 Å². The quantitative estimate of drug-likeness (QED) is 0.913. The third-order valence-electron chi connectivity index (χ3n) is 3.92. The Balaban J connectivity index is 1.79. The van der Waals surface area contributed by atoms with Crippen molar-refractivity contribution in [3.63, 3.8) is 0 Å². The molecular formula is C18H20N2O. The Labute approximate surface area is 125 Å². The van der Waals surface area contributed by atoms with Crippen molar-refractivity contribution in [2.45, 2.75) is 25.6 Å². The molecule has 3 nitrogen and oxygen atoms in total. The first-order valence-corrected chi connectivity index (χ1v) is 7.42. The van der Waals surface area contributed by atoms with Crippen LogP contribution in [0.2, 0.25) is 0 Å². The predicted molar refractivity (Wildman–Crippen MR) is 83.5 cm³/mol. The molecule has 1 aliphatic rings. The van der Waals surface area contributed by atoms with Gasteiger partial charge in [-0.15, -0.1) is 0 Å². The van der Waals surface area contributed by atoms with Gasteiger partial charge < -0.3 is 5.32 Å². The van der Waals surface area contributed by atoms with Gasteiger partial charge in [-0.1, -0.05) is 60.7 Å². The first kappa shape index (κ1) is 13.8. The molecule has 3 heteroatoms. The van der Waals surface area contributed by atoms with Crippen molar-refractivity contribution in [1.82, 2.24) is 10.2 Å². The minimum absolute atomic E-state index is 0.0228. The summed E-state index contributed by atoms with van der Waals surface area (Å²) in [5.41, 5.74) is 2.49. The number of rotatable bonds is 5. The minimum atomic E-state index is -0.0228. The summed E-state index contributed by atoms with van der Waals surface area (Å²) in [6, 6.07) is 20.7. The molecule has 1 unspecified atom stereocenters. The Hall–Kier alpha value is -2.13. The van der Waals surface area contributed by atoms with Crippen LogP contribution in [0.5, 0.6) is 0 Å². The average Bonchev–Trinajstić information content (AvgIpc) is 2.95. The zero-order chi connectivity index (χ0) is 14.5. The monoisotopic (exact) mass is 280 g/mol. The summed E-state index contributed by atoms with van der Waals surface area (Å²) in [5, 5.41) is 2.94. The minimum Gasteiger partial charge on any atom is -0.355 e. The molecule has 108 valence electrons. The van der Waals surface area contributed by atoms with Crippen molar-refractivity contribution in [1.29, 1.82) is 0 Å². The highest BCUT2D eigenvalue weighted by molar-refractivity contribution is 5.83. The predicted octanol–water partition coefficient (Wildman–Crippen LogP) is 2.58. The van der Waals surface area contributed by atoms with Gasteiger partial charge in [-0.25, -0.2) is 0 Å². The number of carbonyl (C=O) groups excluding carboxylic acids is 1. The van der Waals surface area contributed by atoms with Gasteiger partial charge in [0.05, 0.1) is 6.04 Å². The van der Waals surface area contributed by atoms with Gasteiger partial charge in [0.25, 0.3) is 0 Å². The number of nitrogens with zero attached hydrogens (tertiary/aromatic N) is 1. The zero-order valence-corrected chi connectivity index (χ0v) is 12.0. The molecule has 21 heavy (non-hydrogen) atoms. The molecule has 0 spiro atoms. The third kappa shape index (κ3) is 3.50. The fourth-order valence-corrected chi connectivity index (χ4v) is 2.84. The average molecular weight is 280 g/mol. The van der Waals surface area contributed by atoms with Crippen LogP contribution in [-0.2, 0) is 17.9 Å². The van der Waals surface area contributed by atoms with E-state index in [0.29, 0.717) is 0 Å². The number of hydrogen-bond donors (Lipinski definition) is 1. The van der Waals surface area contributed by atoms with E-state index in [-0.39, 0.29) is 11.9 Å². The SMILES string of the molecule is O=C1NCCC1N(Cc1ccccc1)Cc1ccccc1. The summed E-state index contributed by atoms with van der Waals surface area (Å²) >= 11 is 0. The first-order valence-electron chi connectivity index (χ1n) is 7.42. The zero-order valence-electron chi connectivity index (χ0n) is 12.0. The van der Waals surface area contributed by atoms with E-state index < -0.39 is 0 Å². The second-order valence-corrected chi connectivity index (χ2v) is 5.47. The smallest absolute Gasteiger partial charge is 0.237 e. The molecule has 0 bridgehead atoms. The van der Waals surface area contributed by atoms with E-state index in [4.69, 9.17) is 0 Å². The van der Waals surface area contributed by atoms with Gasteiger partial charge in [0.1, 0.15) is 0 Å². The molecule has 1 heterocycles. The maximum Gasteiger partial charge on any atom is 0.237 e. The highest BCUT2D eigenvalue weighted by Crippen LogP contribution is 2.17. The number of hydrogen-bond acceptors (Lipinski definition) is 2. The van der Waals surface area contributed by atoms with Crippen LogP contribution >= 0.6 is 0 Å². The van der Waals surface area contributed by atoms with Crippen LogP contribution in [0.4, 0.5) is 0 Å². The molecule has 0 saturated carbocycles. The van der Waals surface area contributed by atoms with Crippen LogP contribution in [0, 0.1) is 0 Å².